The molecule has 110 valence electrons. The lowest BCUT2D eigenvalue weighted by Crippen LogP contribution is -1.99. The van der Waals surface area contributed by atoms with E-state index < -0.39 is 15.8 Å². The number of carbonyl (C=O) groups is 1. The molecule has 0 atom stereocenters. The first-order valence-corrected chi connectivity index (χ1v) is 8.84. The van der Waals surface area contributed by atoms with Gasteiger partial charge in [-0.2, -0.15) is 0 Å². The van der Waals surface area contributed by atoms with Crippen LogP contribution in [-0.4, -0.2) is 25.7 Å². The van der Waals surface area contributed by atoms with Crippen LogP contribution in [-0.2, 0) is 21.1 Å². The lowest BCUT2D eigenvalue weighted by atomic mass is 10.2. The summed E-state index contributed by atoms with van der Waals surface area (Å²) < 4.78 is 22.7. The number of aliphatic carboxylic acids is 1. The first-order chi connectivity index (χ1) is 9.84. The second-order valence-electron chi connectivity index (χ2n) is 4.56. The summed E-state index contributed by atoms with van der Waals surface area (Å²) in [5.74, 6) is -0.855. The van der Waals surface area contributed by atoms with Gasteiger partial charge in [0.2, 0.25) is 0 Å². The van der Waals surface area contributed by atoms with E-state index in [9.17, 15) is 13.2 Å². The molecule has 2 aromatic carbocycles. The Hall–Kier alpha value is -1.79. The standard InChI is InChI=1S/C15H14O4S2/c1-21(18,19)14-8-6-13(7-9-14)20-12-4-2-11(3-5-12)10-15(16)17/h2-9H,10H2,1H3,(H,16,17). The highest BCUT2D eigenvalue weighted by atomic mass is 32.2. The molecule has 6 heteroatoms. The van der Waals surface area contributed by atoms with Gasteiger partial charge in [-0.15, -0.1) is 0 Å². The molecule has 0 aliphatic heterocycles. The van der Waals surface area contributed by atoms with Gasteiger partial charge < -0.3 is 5.11 Å². The molecule has 2 rings (SSSR count). The summed E-state index contributed by atoms with van der Waals surface area (Å²) in [5.41, 5.74) is 0.749. The van der Waals surface area contributed by atoms with E-state index in [-0.39, 0.29) is 6.42 Å². The van der Waals surface area contributed by atoms with E-state index in [1.165, 1.54) is 18.0 Å². The number of hydrogen-bond donors (Lipinski definition) is 1. The molecule has 0 spiro atoms. The van der Waals surface area contributed by atoms with Gasteiger partial charge in [0.15, 0.2) is 9.84 Å². The largest absolute Gasteiger partial charge is 0.481 e. The molecule has 1 N–H and O–H groups in total. The third-order valence-corrected chi connectivity index (χ3v) is 4.91. The zero-order chi connectivity index (χ0) is 15.5. The van der Waals surface area contributed by atoms with E-state index in [0.29, 0.717) is 4.90 Å². The Morgan fingerprint density at radius 1 is 1.00 bits per heavy atom. The van der Waals surface area contributed by atoms with E-state index in [1.807, 2.05) is 12.1 Å². The van der Waals surface area contributed by atoms with Crippen molar-refractivity contribution in [3.63, 3.8) is 0 Å². The molecule has 0 bridgehead atoms. The second-order valence-corrected chi connectivity index (χ2v) is 7.72. The number of hydrogen-bond acceptors (Lipinski definition) is 4. The van der Waals surface area contributed by atoms with Crippen molar-refractivity contribution in [3.05, 3.63) is 54.1 Å². The van der Waals surface area contributed by atoms with Crippen LogP contribution in [0, 0.1) is 0 Å². The maximum absolute atomic E-state index is 11.4. The van der Waals surface area contributed by atoms with Crippen LogP contribution in [0.4, 0.5) is 0 Å². The molecule has 0 heterocycles. The molecular weight excluding hydrogens is 308 g/mol. The SMILES string of the molecule is CS(=O)(=O)c1ccc(Sc2ccc(CC(=O)O)cc2)cc1. The van der Waals surface area contributed by atoms with Crippen LogP contribution in [0.25, 0.3) is 0 Å². The molecule has 0 aromatic heterocycles. The fraction of sp³-hybridized carbons (Fsp3) is 0.133. The zero-order valence-corrected chi connectivity index (χ0v) is 12.9. The third kappa shape index (κ3) is 4.61. The molecule has 0 aliphatic carbocycles. The van der Waals surface area contributed by atoms with Crippen LogP contribution in [0.1, 0.15) is 5.56 Å². The van der Waals surface area contributed by atoms with Crippen molar-refractivity contribution < 1.29 is 18.3 Å². The minimum absolute atomic E-state index is 0.00794. The Bertz CT molecular complexity index is 732. The fourth-order valence-electron chi connectivity index (χ4n) is 1.74. The van der Waals surface area contributed by atoms with Crippen LogP contribution < -0.4 is 0 Å². The van der Waals surface area contributed by atoms with Crippen LogP contribution in [0.15, 0.2) is 63.2 Å². The fourth-order valence-corrected chi connectivity index (χ4v) is 3.19. The summed E-state index contributed by atoms with van der Waals surface area (Å²) in [6.07, 6.45) is 1.18. The van der Waals surface area contributed by atoms with Crippen molar-refractivity contribution in [2.24, 2.45) is 0 Å². The van der Waals surface area contributed by atoms with Crippen molar-refractivity contribution in [2.75, 3.05) is 6.26 Å². The Balaban J connectivity index is 2.09. The van der Waals surface area contributed by atoms with E-state index in [2.05, 4.69) is 0 Å². The van der Waals surface area contributed by atoms with Gasteiger partial charge in [-0.1, -0.05) is 23.9 Å². The molecular formula is C15H14O4S2. The first kappa shape index (κ1) is 15.6. The summed E-state index contributed by atoms with van der Waals surface area (Å²) in [7, 11) is -3.17. The van der Waals surface area contributed by atoms with Gasteiger partial charge in [0.1, 0.15) is 0 Å². The summed E-state index contributed by atoms with van der Waals surface area (Å²) in [6.45, 7) is 0. The van der Waals surface area contributed by atoms with E-state index in [0.717, 1.165) is 15.4 Å². The number of benzene rings is 2. The van der Waals surface area contributed by atoms with Crippen molar-refractivity contribution in [1.82, 2.24) is 0 Å². The van der Waals surface area contributed by atoms with Gasteiger partial charge in [0.25, 0.3) is 0 Å². The van der Waals surface area contributed by atoms with Gasteiger partial charge in [-0.05, 0) is 42.0 Å². The summed E-state index contributed by atoms with van der Waals surface area (Å²) in [6, 6.07) is 13.9. The maximum atomic E-state index is 11.4. The summed E-state index contributed by atoms with van der Waals surface area (Å²) in [4.78, 5) is 12.8. The predicted molar refractivity (Wildman–Crippen MR) is 81.5 cm³/mol. The number of carboxylic acids is 1. The molecule has 0 amide bonds. The molecule has 0 saturated carbocycles. The summed E-state index contributed by atoms with van der Waals surface area (Å²) >= 11 is 1.49. The number of sulfone groups is 1. The minimum Gasteiger partial charge on any atom is -0.481 e. The van der Waals surface area contributed by atoms with Crippen LogP contribution >= 0.6 is 11.8 Å². The lowest BCUT2D eigenvalue weighted by molar-refractivity contribution is -0.136. The highest BCUT2D eigenvalue weighted by Crippen LogP contribution is 2.28. The van der Waals surface area contributed by atoms with Crippen molar-refractivity contribution in [3.8, 4) is 0 Å². The first-order valence-electron chi connectivity index (χ1n) is 6.13. The molecule has 0 radical (unpaired) electrons. The van der Waals surface area contributed by atoms with E-state index >= 15 is 0 Å². The Labute approximate surface area is 127 Å². The third-order valence-electron chi connectivity index (χ3n) is 2.77. The molecule has 0 saturated heterocycles. The number of carboxylic acid groups (broad SMARTS) is 1. The Morgan fingerprint density at radius 2 is 1.48 bits per heavy atom. The quantitative estimate of drug-likeness (QED) is 0.916. The van der Waals surface area contributed by atoms with Crippen LogP contribution in [0.3, 0.4) is 0 Å². The normalized spacial score (nSPS) is 11.3. The van der Waals surface area contributed by atoms with E-state index in [1.54, 1.807) is 36.4 Å². The van der Waals surface area contributed by atoms with Crippen LogP contribution in [0.5, 0.6) is 0 Å². The topological polar surface area (TPSA) is 71.4 Å². The van der Waals surface area contributed by atoms with E-state index in [4.69, 9.17) is 5.11 Å². The molecule has 0 fully saturated rings. The highest BCUT2D eigenvalue weighted by Gasteiger charge is 2.07. The average molecular weight is 322 g/mol. The lowest BCUT2D eigenvalue weighted by Gasteiger charge is -2.04. The number of rotatable bonds is 5. The van der Waals surface area contributed by atoms with Gasteiger partial charge in [0.05, 0.1) is 11.3 Å². The van der Waals surface area contributed by atoms with Crippen LogP contribution in [0.2, 0.25) is 0 Å². The molecule has 4 nitrogen and oxygen atoms in total. The molecule has 0 aliphatic rings. The monoisotopic (exact) mass is 322 g/mol. The molecule has 21 heavy (non-hydrogen) atoms. The minimum atomic E-state index is -3.17. The highest BCUT2D eigenvalue weighted by molar-refractivity contribution is 7.99. The second kappa shape index (κ2) is 6.32. The van der Waals surface area contributed by atoms with Gasteiger partial charge in [0, 0.05) is 16.0 Å². The Morgan fingerprint density at radius 3 is 1.90 bits per heavy atom. The maximum Gasteiger partial charge on any atom is 0.307 e. The van der Waals surface area contributed by atoms with Gasteiger partial charge >= 0.3 is 5.97 Å². The smallest absolute Gasteiger partial charge is 0.307 e. The predicted octanol–water partition coefficient (Wildman–Crippen LogP) is 2.87. The molecule has 0 unspecified atom stereocenters. The molecule has 2 aromatic rings. The zero-order valence-electron chi connectivity index (χ0n) is 11.3. The van der Waals surface area contributed by atoms with Gasteiger partial charge in [-0.3, -0.25) is 4.79 Å². The Kier molecular flexibility index (Phi) is 4.69. The summed E-state index contributed by atoms with van der Waals surface area (Å²) in [5, 5.41) is 8.71. The van der Waals surface area contributed by atoms with Crippen molar-refractivity contribution in [1.29, 1.82) is 0 Å². The average Bonchev–Trinajstić information content (AvgIpc) is 2.40. The van der Waals surface area contributed by atoms with Crippen molar-refractivity contribution in [2.45, 2.75) is 21.1 Å². The van der Waals surface area contributed by atoms with Gasteiger partial charge in [-0.25, -0.2) is 8.42 Å². The van der Waals surface area contributed by atoms with Crippen molar-refractivity contribution >= 4 is 27.6 Å².